The summed E-state index contributed by atoms with van der Waals surface area (Å²) in [6.45, 7) is -0.293. The van der Waals surface area contributed by atoms with Crippen LogP contribution >= 0.6 is 0 Å². The molecule has 0 atom stereocenters. The second-order valence-electron chi connectivity index (χ2n) is 7.17. The number of likely N-dealkylation sites (N-methyl/N-ethyl adjacent to an activating group) is 1. The Balaban J connectivity index is 1.42. The van der Waals surface area contributed by atoms with Gasteiger partial charge >= 0.3 is 6.03 Å². The van der Waals surface area contributed by atoms with Crippen LogP contribution in [-0.2, 0) is 9.59 Å². The first-order valence-electron chi connectivity index (χ1n) is 9.24. The Morgan fingerprint density at radius 2 is 1.86 bits per heavy atom. The van der Waals surface area contributed by atoms with Crippen molar-refractivity contribution >= 4 is 23.5 Å². The van der Waals surface area contributed by atoms with Gasteiger partial charge in [0.15, 0.2) is 0 Å². The minimum Gasteiger partial charge on any atom is -0.325 e. The van der Waals surface area contributed by atoms with Crippen LogP contribution in [0.3, 0.4) is 0 Å². The number of carbonyl (C=O) groups excluding carboxylic acids is 3. The predicted octanol–water partition coefficient (Wildman–Crippen LogP) is 1.20. The van der Waals surface area contributed by atoms with Crippen molar-refractivity contribution in [1.82, 2.24) is 30.0 Å². The quantitative estimate of drug-likeness (QED) is 0.794. The molecule has 1 aromatic heterocycles. The summed E-state index contributed by atoms with van der Waals surface area (Å²) in [5.74, 6) is -0.679. The number of tetrazole rings is 1. The summed E-state index contributed by atoms with van der Waals surface area (Å²) < 4.78 is 1.49. The van der Waals surface area contributed by atoms with E-state index in [1.54, 1.807) is 31.3 Å². The first-order valence-corrected chi connectivity index (χ1v) is 9.24. The van der Waals surface area contributed by atoms with Crippen molar-refractivity contribution in [2.45, 2.75) is 37.6 Å². The van der Waals surface area contributed by atoms with Gasteiger partial charge in [0.25, 0.3) is 5.91 Å². The third-order valence-corrected chi connectivity index (χ3v) is 5.55. The molecule has 1 aliphatic carbocycles. The number of amides is 4. The van der Waals surface area contributed by atoms with Crippen LogP contribution in [-0.4, -0.2) is 67.0 Å². The molecule has 0 unspecified atom stereocenters. The van der Waals surface area contributed by atoms with E-state index in [0.717, 1.165) is 29.8 Å². The first-order chi connectivity index (χ1) is 13.5. The fourth-order valence-electron chi connectivity index (χ4n) is 3.99. The van der Waals surface area contributed by atoms with Crippen LogP contribution in [0.4, 0.5) is 10.5 Å². The van der Waals surface area contributed by atoms with Crippen LogP contribution in [0, 0.1) is 0 Å². The van der Waals surface area contributed by atoms with E-state index in [2.05, 4.69) is 20.8 Å². The monoisotopic (exact) mass is 383 g/mol. The molecule has 1 spiro atoms. The lowest BCUT2D eigenvalue weighted by Crippen LogP contribution is -2.49. The highest BCUT2D eigenvalue weighted by atomic mass is 16.2. The van der Waals surface area contributed by atoms with Gasteiger partial charge < -0.3 is 10.2 Å². The van der Waals surface area contributed by atoms with Gasteiger partial charge in [-0.2, -0.15) is 0 Å². The number of carbonyl (C=O) groups is 3. The predicted molar refractivity (Wildman–Crippen MR) is 98.5 cm³/mol. The minimum atomic E-state index is -0.775. The van der Waals surface area contributed by atoms with Crippen LogP contribution in [0.2, 0.25) is 0 Å². The van der Waals surface area contributed by atoms with E-state index in [-0.39, 0.29) is 12.5 Å². The molecule has 4 amide bonds. The number of hydrogen-bond donors (Lipinski definition) is 1. The number of hydrogen-bond acceptors (Lipinski definition) is 6. The molecular formula is C18H21N7O3. The molecule has 2 heterocycles. The van der Waals surface area contributed by atoms with E-state index in [4.69, 9.17) is 0 Å². The number of anilines is 1. The van der Waals surface area contributed by atoms with Crippen molar-refractivity contribution in [3.8, 4) is 5.69 Å². The maximum Gasteiger partial charge on any atom is 0.327 e. The number of nitrogens with zero attached hydrogens (tertiary/aromatic N) is 6. The van der Waals surface area contributed by atoms with E-state index in [0.29, 0.717) is 18.5 Å². The van der Waals surface area contributed by atoms with Crippen LogP contribution in [0.25, 0.3) is 5.69 Å². The number of imide groups is 1. The highest BCUT2D eigenvalue weighted by molar-refractivity contribution is 6.10. The Morgan fingerprint density at radius 3 is 2.50 bits per heavy atom. The maximum atomic E-state index is 12.9. The zero-order valence-electron chi connectivity index (χ0n) is 15.5. The molecule has 1 aliphatic heterocycles. The zero-order chi connectivity index (χ0) is 19.7. The summed E-state index contributed by atoms with van der Waals surface area (Å²) in [7, 11) is 1.65. The van der Waals surface area contributed by atoms with Crippen molar-refractivity contribution < 1.29 is 14.4 Å². The van der Waals surface area contributed by atoms with Crippen LogP contribution in [0.1, 0.15) is 32.1 Å². The van der Waals surface area contributed by atoms with Gasteiger partial charge in [0, 0.05) is 12.7 Å². The van der Waals surface area contributed by atoms with Crippen LogP contribution < -0.4 is 5.32 Å². The van der Waals surface area contributed by atoms with E-state index >= 15 is 0 Å². The molecule has 0 bridgehead atoms. The van der Waals surface area contributed by atoms with E-state index in [9.17, 15) is 14.4 Å². The molecule has 1 saturated heterocycles. The second-order valence-corrected chi connectivity index (χ2v) is 7.17. The fourth-order valence-corrected chi connectivity index (χ4v) is 3.99. The lowest BCUT2D eigenvalue weighted by atomic mass is 9.81. The topological polar surface area (TPSA) is 113 Å². The van der Waals surface area contributed by atoms with Gasteiger partial charge in [-0.25, -0.2) is 9.48 Å². The van der Waals surface area contributed by atoms with Crippen molar-refractivity contribution in [3.63, 3.8) is 0 Å². The molecule has 1 saturated carbocycles. The Bertz CT molecular complexity index is 888. The SMILES string of the molecule is CN1C(=O)N(CC(=O)Nc2ccc(-n3cnnn3)cc2)C(=O)C12CCCCC2. The summed E-state index contributed by atoms with van der Waals surface area (Å²) in [5.41, 5.74) is 0.527. The number of benzene rings is 1. The standard InChI is InChI=1S/C18H21N7O3/c1-23-17(28)24(16(27)18(23)9-3-2-4-10-18)11-15(26)20-13-5-7-14(8-6-13)25-12-19-21-22-25/h5-8,12H,2-4,9-11H2,1H3,(H,20,26). The third kappa shape index (κ3) is 3.00. The number of urea groups is 1. The zero-order valence-corrected chi connectivity index (χ0v) is 15.5. The van der Waals surface area contributed by atoms with Gasteiger partial charge in [0.1, 0.15) is 18.4 Å². The fraction of sp³-hybridized carbons (Fsp3) is 0.444. The Hall–Kier alpha value is -3.30. The number of rotatable bonds is 4. The van der Waals surface area contributed by atoms with Gasteiger partial charge in [-0.3, -0.25) is 14.5 Å². The Morgan fingerprint density at radius 1 is 1.14 bits per heavy atom. The molecule has 2 aliphatic rings. The molecule has 146 valence electrons. The molecule has 10 nitrogen and oxygen atoms in total. The number of nitrogens with one attached hydrogen (secondary N) is 1. The molecule has 10 heteroatoms. The first kappa shape index (κ1) is 18.1. The average Bonchev–Trinajstić information content (AvgIpc) is 3.30. The third-order valence-electron chi connectivity index (χ3n) is 5.55. The molecule has 0 radical (unpaired) electrons. The summed E-state index contributed by atoms with van der Waals surface area (Å²) >= 11 is 0. The number of aromatic nitrogens is 4. The smallest absolute Gasteiger partial charge is 0.325 e. The Labute approximate surface area is 161 Å². The van der Waals surface area contributed by atoms with Crippen molar-refractivity contribution in [2.75, 3.05) is 18.9 Å². The molecule has 1 aromatic carbocycles. The molecule has 1 N–H and O–H groups in total. The minimum absolute atomic E-state index is 0.260. The highest BCUT2D eigenvalue weighted by Crippen LogP contribution is 2.39. The van der Waals surface area contributed by atoms with Crippen molar-refractivity contribution in [1.29, 1.82) is 0 Å². The molecular weight excluding hydrogens is 362 g/mol. The Kier molecular flexibility index (Phi) is 4.54. The average molecular weight is 383 g/mol. The van der Waals surface area contributed by atoms with Crippen molar-refractivity contribution in [3.05, 3.63) is 30.6 Å². The molecule has 28 heavy (non-hydrogen) atoms. The van der Waals surface area contributed by atoms with E-state index in [1.807, 2.05) is 0 Å². The van der Waals surface area contributed by atoms with Crippen LogP contribution in [0.15, 0.2) is 30.6 Å². The maximum absolute atomic E-state index is 12.9. The molecule has 4 rings (SSSR count). The summed E-state index contributed by atoms with van der Waals surface area (Å²) in [4.78, 5) is 40.5. The van der Waals surface area contributed by atoms with Gasteiger partial charge in [0.2, 0.25) is 5.91 Å². The molecule has 2 aromatic rings. The van der Waals surface area contributed by atoms with Gasteiger partial charge in [-0.1, -0.05) is 19.3 Å². The van der Waals surface area contributed by atoms with Crippen LogP contribution in [0.5, 0.6) is 0 Å². The lowest BCUT2D eigenvalue weighted by molar-refractivity contribution is -0.136. The summed E-state index contributed by atoms with van der Waals surface area (Å²) in [6.07, 6.45) is 5.68. The van der Waals surface area contributed by atoms with Gasteiger partial charge in [-0.05, 0) is 47.5 Å². The largest absolute Gasteiger partial charge is 0.327 e. The van der Waals surface area contributed by atoms with Gasteiger partial charge in [-0.15, -0.1) is 5.10 Å². The lowest BCUT2D eigenvalue weighted by Gasteiger charge is -2.35. The second kappa shape index (κ2) is 7.02. The summed E-state index contributed by atoms with van der Waals surface area (Å²) in [5, 5.41) is 13.7. The molecule has 2 fully saturated rings. The highest BCUT2D eigenvalue weighted by Gasteiger charge is 2.55. The van der Waals surface area contributed by atoms with E-state index in [1.165, 1.54) is 15.9 Å². The normalized spacial score (nSPS) is 18.8. The van der Waals surface area contributed by atoms with Crippen molar-refractivity contribution in [2.24, 2.45) is 0 Å². The van der Waals surface area contributed by atoms with E-state index < -0.39 is 17.5 Å². The summed E-state index contributed by atoms with van der Waals surface area (Å²) in [6, 6.07) is 6.51. The van der Waals surface area contributed by atoms with Gasteiger partial charge in [0.05, 0.1) is 5.69 Å².